The molecule has 1 saturated carbocycles. The number of hydrogen-bond donors (Lipinski definition) is 1. The van der Waals surface area contributed by atoms with Crippen LogP contribution in [0.5, 0.6) is 0 Å². The summed E-state index contributed by atoms with van der Waals surface area (Å²) in [5.41, 5.74) is 0.235. The van der Waals surface area contributed by atoms with Gasteiger partial charge < -0.3 is 14.3 Å². The van der Waals surface area contributed by atoms with Crippen molar-refractivity contribution in [3.05, 3.63) is 42.9 Å². The second-order valence-electron chi connectivity index (χ2n) is 7.61. The lowest BCUT2D eigenvalue weighted by molar-refractivity contribution is -0.127. The van der Waals surface area contributed by atoms with Crippen LogP contribution in [-0.4, -0.2) is 40.0 Å². The minimum atomic E-state index is 0.0905. The number of nitrogens with one attached hydrogen (secondary N) is 1. The van der Waals surface area contributed by atoms with Gasteiger partial charge in [-0.15, -0.1) is 0 Å². The average molecular weight is 342 g/mol. The van der Waals surface area contributed by atoms with Crippen LogP contribution in [0.1, 0.15) is 31.4 Å². The molecule has 6 heteroatoms. The van der Waals surface area contributed by atoms with Gasteiger partial charge in [-0.25, -0.2) is 4.98 Å². The minimum absolute atomic E-state index is 0.0905. The van der Waals surface area contributed by atoms with E-state index in [4.69, 9.17) is 4.42 Å². The molecule has 4 rings (SSSR count). The molecular weight excluding hydrogens is 316 g/mol. The Morgan fingerprint density at radius 3 is 3.08 bits per heavy atom. The Hall–Kier alpha value is -2.08. The quantitative estimate of drug-likeness (QED) is 0.838. The molecule has 1 amide bonds. The van der Waals surface area contributed by atoms with Crippen molar-refractivity contribution < 1.29 is 9.21 Å². The number of aromatic nitrogens is 2. The number of likely N-dealkylation sites (tertiary alicyclic amines) is 1. The molecule has 1 saturated heterocycles. The number of nitrogens with zero attached hydrogens (tertiary/aromatic N) is 3. The van der Waals surface area contributed by atoms with E-state index in [1.165, 1.54) is 12.8 Å². The lowest BCUT2D eigenvalue weighted by Gasteiger charge is -2.31. The average Bonchev–Trinajstić information content (AvgIpc) is 3.01. The molecule has 0 radical (unpaired) electrons. The van der Waals surface area contributed by atoms with Crippen LogP contribution in [0.3, 0.4) is 0 Å². The summed E-state index contributed by atoms with van der Waals surface area (Å²) in [6, 6.07) is 3.91. The fourth-order valence-corrected chi connectivity index (χ4v) is 3.79. The van der Waals surface area contributed by atoms with Gasteiger partial charge in [-0.05, 0) is 44.4 Å². The molecule has 2 aromatic rings. The first kappa shape index (κ1) is 16.4. The highest BCUT2D eigenvalue weighted by atomic mass is 16.3. The third-order valence-electron chi connectivity index (χ3n) is 5.51. The summed E-state index contributed by atoms with van der Waals surface area (Å²) >= 11 is 0. The van der Waals surface area contributed by atoms with Gasteiger partial charge in [-0.3, -0.25) is 9.69 Å². The molecule has 1 atom stereocenters. The molecule has 0 spiro atoms. The number of hydrogen-bond acceptors (Lipinski definition) is 4. The van der Waals surface area contributed by atoms with E-state index in [0.29, 0.717) is 0 Å². The van der Waals surface area contributed by atoms with E-state index in [9.17, 15) is 4.79 Å². The minimum Gasteiger partial charge on any atom is -0.468 e. The number of carbonyl (C=O) groups excluding carboxylic acids is 1. The fourth-order valence-electron chi connectivity index (χ4n) is 3.79. The predicted octanol–water partition coefficient (Wildman–Crippen LogP) is 2.28. The van der Waals surface area contributed by atoms with E-state index in [1.807, 2.05) is 30.9 Å². The third-order valence-corrected chi connectivity index (χ3v) is 5.51. The predicted molar refractivity (Wildman–Crippen MR) is 93.6 cm³/mol. The van der Waals surface area contributed by atoms with Crippen molar-refractivity contribution in [3.63, 3.8) is 0 Å². The normalized spacial score (nSPS) is 22.6. The summed E-state index contributed by atoms with van der Waals surface area (Å²) in [4.78, 5) is 19.1. The van der Waals surface area contributed by atoms with Crippen molar-refractivity contribution >= 4 is 5.91 Å². The molecule has 3 heterocycles. The molecule has 2 aliphatic rings. The summed E-state index contributed by atoms with van der Waals surface area (Å²) in [7, 11) is 0. The number of imidazole rings is 1. The molecule has 1 aliphatic heterocycles. The molecule has 1 aliphatic carbocycles. The van der Waals surface area contributed by atoms with E-state index >= 15 is 0 Å². The number of piperidine rings is 1. The molecule has 6 nitrogen and oxygen atoms in total. The van der Waals surface area contributed by atoms with Gasteiger partial charge in [0.1, 0.15) is 5.76 Å². The second-order valence-corrected chi connectivity index (χ2v) is 7.61. The summed E-state index contributed by atoms with van der Waals surface area (Å²) in [5, 5.41) is 3.22. The SMILES string of the molecule is O=C(NCC1(Cn2ccnc2)CC1)C1CCCN(Cc2ccco2)C1. The molecule has 1 unspecified atom stereocenters. The highest BCUT2D eigenvalue weighted by molar-refractivity contribution is 5.79. The maximum Gasteiger partial charge on any atom is 0.224 e. The van der Waals surface area contributed by atoms with Crippen molar-refractivity contribution in [1.29, 1.82) is 0 Å². The summed E-state index contributed by atoms with van der Waals surface area (Å²) in [6.45, 7) is 4.37. The number of rotatable bonds is 7. The summed E-state index contributed by atoms with van der Waals surface area (Å²) in [5.74, 6) is 1.27. The first-order valence-corrected chi connectivity index (χ1v) is 9.21. The van der Waals surface area contributed by atoms with Crippen molar-refractivity contribution in [2.45, 2.75) is 38.8 Å². The van der Waals surface area contributed by atoms with Crippen molar-refractivity contribution in [1.82, 2.24) is 19.8 Å². The van der Waals surface area contributed by atoms with Gasteiger partial charge in [0.05, 0.1) is 25.1 Å². The monoisotopic (exact) mass is 342 g/mol. The van der Waals surface area contributed by atoms with Gasteiger partial charge in [-0.1, -0.05) is 0 Å². The van der Waals surface area contributed by atoms with Crippen LogP contribution in [0, 0.1) is 11.3 Å². The molecule has 2 fully saturated rings. The van der Waals surface area contributed by atoms with Crippen LogP contribution >= 0.6 is 0 Å². The molecule has 0 aromatic carbocycles. The molecule has 1 N–H and O–H groups in total. The second kappa shape index (κ2) is 7.04. The topological polar surface area (TPSA) is 63.3 Å². The van der Waals surface area contributed by atoms with Gasteiger partial charge >= 0.3 is 0 Å². The van der Waals surface area contributed by atoms with Crippen LogP contribution in [-0.2, 0) is 17.9 Å². The van der Waals surface area contributed by atoms with E-state index in [1.54, 1.807) is 6.26 Å². The lowest BCUT2D eigenvalue weighted by Crippen LogP contribution is -2.44. The van der Waals surface area contributed by atoms with Crippen LogP contribution in [0.4, 0.5) is 0 Å². The van der Waals surface area contributed by atoms with Gasteiger partial charge in [0.15, 0.2) is 0 Å². The first-order valence-electron chi connectivity index (χ1n) is 9.21. The van der Waals surface area contributed by atoms with Gasteiger partial charge in [0.2, 0.25) is 5.91 Å². The van der Waals surface area contributed by atoms with E-state index < -0.39 is 0 Å². The number of furan rings is 1. The van der Waals surface area contributed by atoms with E-state index in [-0.39, 0.29) is 17.2 Å². The van der Waals surface area contributed by atoms with Gasteiger partial charge in [-0.2, -0.15) is 0 Å². The van der Waals surface area contributed by atoms with E-state index in [0.717, 1.165) is 51.3 Å². The lowest BCUT2D eigenvalue weighted by atomic mass is 9.96. The van der Waals surface area contributed by atoms with Gasteiger partial charge in [0.25, 0.3) is 0 Å². The summed E-state index contributed by atoms with van der Waals surface area (Å²) in [6.07, 6.45) is 11.8. The fraction of sp³-hybridized carbons (Fsp3) is 0.579. The van der Waals surface area contributed by atoms with Crippen molar-refractivity contribution in [3.8, 4) is 0 Å². The molecule has 2 aromatic heterocycles. The van der Waals surface area contributed by atoms with Crippen LogP contribution < -0.4 is 5.32 Å². The van der Waals surface area contributed by atoms with Crippen LogP contribution in [0.15, 0.2) is 41.5 Å². The van der Waals surface area contributed by atoms with Gasteiger partial charge in [0, 0.05) is 37.4 Å². The molecule has 0 bridgehead atoms. The Balaban J connectivity index is 1.26. The highest BCUT2D eigenvalue weighted by Gasteiger charge is 2.43. The molecule has 134 valence electrons. The highest BCUT2D eigenvalue weighted by Crippen LogP contribution is 2.46. The zero-order chi connectivity index (χ0) is 17.1. The number of carbonyl (C=O) groups is 1. The van der Waals surface area contributed by atoms with Crippen molar-refractivity contribution in [2.24, 2.45) is 11.3 Å². The smallest absolute Gasteiger partial charge is 0.224 e. The third kappa shape index (κ3) is 4.12. The largest absolute Gasteiger partial charge is 0.468 e. The van der Waals surface area contributed by atoms with Crippen molar-refractivity contribution in [2.75, 3.05) is 19.6 Å². The number of amides is 1. The zero-order valence-electron chi connectivity index (χ0n) is 14.6. The summed E-state index contributed by atoms with van der Waals surface area (Å²) < 4.78 is 7.55. The molecule has 25 heavy (non-hydrogen) atoms. The first-order chi connectivity index (χ1) is 12.2. The maximum atomic E-state index is 12.6. The Bertz CT molecular complexity index is 676. The Kier molecular flexibility index (Phi) is 4.61. The Labute approximate surface area is 148 Å². The Morgan fingerprint density at radius 1 is 1.44 bits per heavy atom. The van der Waals surface area contributed by atoms with Crippen LogP contribution in [0.2, 0.25) is 0 Å². The van der Waals surface area contributed by atoms with Crippen LogP contribution in [0.25, 0.3) is 0 Å². The Morgan fingerprint density at radius 2 is 2.36 bits per heavy atom. The zero-order valence-corrected chi connectivity index (χ0v) is 14.6. The standard InChI is InChI=1S/C19H26N4O2/c24-18(21-13-19(5-6-19)14-23-9-7-20-15-23)16-3-1-8-22(11-16)12-17-4-2-10-25-17/h2,4,7,9-10,15-16H,1,3,5-6,8,11-14H2,(H,21,24). The molecular formula is C19H26N4O2. The maximum absolute atomic E-state index is 12.6. The van der Waals surface area contributed by atoms with E-state index in [2.05, 4.69) is 19.8 Å².